The van der Waals surface area contributed by atoms with E-state index in [1.165, 1.54) is 12.8 Å². The van der Waals surface area contributed by atoms with Crippen LogP contribution < -0.4 is 5.32 Å². The second-order valence-corrected chi connectivity index (χ2v) is 6.18. The minimum Gasteiger partial charge on any atom is -0.383 e. The third kappa shape index (κ3) is 5.28. The van der Waals surface area contributed by atoms with Crippen molar-refractivity contribution in [2.45, 2.75) is 32.7 Å². The third-order valence-corrected chi connectivity index (χ3v) is 3.12. The second-order valence-electron chi connectivity index (χ2n) is 6.18. The first-order valence-corrected chi connectivity index (χ1v) is 6.31. The molecule has 1 aliphatic carbocycles. The van der Waals surface area contributed by atoms with Crippen LogP contribution in [0.25, 0.3) is 0 Å². The number of hydrogen-bond acceptors (Lipinski definition) is 3. The van der Waals surface area contributed by atoms with Gasteiger partial charge in [-0.2, -0.15) is 0 Å². The van der Waals surface area contributed by atoms with Gasteiger partial charge < -0.3 is 15.0 Å². The van der Waals surface area contributed by atoms with Gasteiger partial charge in [-0.15, -0.1) is 0 Å². The summed E-state index contributed by atoms with van der Waals surface area (Å²) >= 11 is 0. The van der Waals surface area contributed by atoms with Crippen LogP contribution in [-0.2, 0) is 4.74 Å². The zero-order valence-corrected chi connectivity index (χ0v) is 11.5. The lowest BCUT2D eigenvalue weighted by Crippen LogP contribution is -2.44. The van der Waals surface area contributed by atoms with Crippen molar-refractivity contribution in [1.29, 1.82) is 0 Å². The summed E-state index contributed by atoms with van der Waals surface area (Å²) in [4.78, 5) is 2.25. The first kappa shape index (κ1) is 13.9. The van der Waals surface area contributed by atoms with Gasteiger partial charge in [-0.05, 0) is 38.3 Å². The van der Waals surface area contributed by atoms with Crippen molar-refractivity contribution >= 4 is 0 Å². The van der Waals surface area contributed by atoms with E-state index in [2.05, 4.69) is 38.2 Å². The molecule has 1 rings (SSSR count). The molecule has 3 heteroatoms. The Balaban J connectivity index is 2.29. The second kappa shape index (κ2) is 5.99. The minimum atomic E-state index is 0.324. The Morgan fingerprint density at radius 2 is 2.00 bits per heavy atom. The predicted octanol–water partition coefficient (Wildman–Crippen LogP) is 1.59. The Morgan fingerprint density at radius 3 is 2.44 bits per heavy atom. The summed E-state index contributed by atoms with van der Waals surface area (Å²) in [7, 11) is 6.06. The van der Waals surface area contributed by atoms with Gasteiger partial charge in [0.15, 0.2) is 0 Å². The molecule has 0 spiro atoms. The molecule has 0 saturated heterocycles. The topological polar surface area (TPSA) is 24.5 Å². The molecule has 16 heavy (non-hydrogen) atoms. The summed E-state index contributed by atoms with van der Waals surface area (Å²) in [5.41, 5.74) is 0.324. The van der Waals surface area contributed by atoms with E-state index in [-0.39, 0.29) is 0 Å². The largest absolute Gasteiger partial charge is 0.383 e. The Labute approximate surface area is 101 Å². The quantitative estimate of drug-likeness (QED) is 0.683. The van der Waals surface area contributed by atoms with Crippen molar-refractivity contribution < 1.29 is 4.74 Å². The van der Waals surface area contributed by atoms with Gasteiger partial charge >= 0.3 is 0 Å². The predicted molar refractivity (Wildman–Crippen MR) is 68.7 cm³/mol. The summed E-state index contributed by atoms with van der Waals surface area (Å²) in [6.07, 6.45) is 2.74. The van der Waals surface area contributed by atoms with Crippen molar-refractivity contribution in [2.75, 3.05) is 40.9 Å². The molecule has 0 bridgehead atoms. The highest BCUT2D eigenvalue weighted by atomic mass is 16.5. The summed E-state index contributed by atoms with van der Waals surface area (Å²) in [5, 5.41) is 3.68. The highest BCUT2D eigenvalue weighted by molar-refractivity contribution is 4.88. The van der Waals surface area contributed by atoms with E-state index in [0.717, 1.165) is 25.6 Å². The van der Waals surface area contributed by atoms with Gasteiger partial charge in [-0.3, -0.25) is 0 Å². The summed E-state index contributed by atoms with van der Waals surface area (Å²) in [6, 6.07) is 0.562. The van der Waals surface area contributed by atoms with E-state index < -0.39 is 0 Å². The summed E-state index contributed by atoms with van der Waals surface area (Å²) in [5.74, 6) is 0.857. The summed E-state index contributed by atoms with van der Waals surface area (Å²) in [6.45, 7) is 7.66. The number of hydrogen-bond donors (Lipinski definition) is 1. The van der Waals surface area contributed by atoms with Gasteiger partial charge in [0.25, 0.3) is 0 Å². The molecule has 3 nitrogen and oxygen atoms in total. The normalized spacial score (nSPS) is 19.1. The molecule has 1 atom stereocenters. The zero-order valence-electron chi connectivity index (χ0n) is 11.5. The minimum absolute atomic E-state index is 0.324. The Morgan fingerprint density at radius 1 is 1.38 bits per heavy atom. The van der Waals surface area contributed by atoms with Gasteiger partial charge in [0.05, 0.1) is 6.61 Å². The molecular weight excluding hydrogens is 200 g/mol. The monoisotopic (exact) mass is 228 g/mol. The molecule has 1 N–H and O–H groups in total. The van der Waals surface area contributed by atoms with Gasteiger partial charge in [0, 0.05) is 26.2 Å². The maximum Gasteiger partial charge on any atom is 0.0618 e. The number of nitrogens with zero attached hydrogens (tertiary/aromatic N) is 1. The molecule has 1 unspecified atom stereocenters. The van der Waals surface area contributed by atoms with Crippen LogP contribution in [0.5, 0.6) is 0 Å². The van der Waals surface area contributed by atoms with Gasteiger partial charge in [-0.25, -0.2) is 0 Å². The molecule has 0 aromatic heterocycles. The molecule has 96 valence electrons. The van der Waals surface area contributed by atoms with Crippen molar-refractivity contribution in [1.82, 2.24) is 10.2 Å². The van der Waals surface area contributed by atoms with E-state index in [0.29, 0.717) is 11.5 Å². The number of ether oxygens (including phenoxy) is 1. The number of rotatable bonds is 8. The highest BCUT2D eigenvalue weighted by Crippen LogP contribution is 2.33. The SMILES string of the molecule is COCC(NCC(C)(C)CN(C)C)C1CC1. The molecule has 0 amide bonds. The van der Waals surface area contributed by atoms with Crippen LogP contribution in [-0.4, -0.2) is 51.8 Å². The molecule has 0 heterocycles. The maximum absolute atomic E-state index is 5.28. The van der Waals surface area contributed by atoms with E-state index >= 15 is 0 Å². The van der Waals surface area contributed by atoms with Gasteiger partial charge in [-0.1, -0.05) is 13.8 Å². The summed E-state index contributed by atoms with van der Waals surface area (Å²) < 4.78 is 5.28. The third-order valence-electron chi connectivity index (χ3n) is 3.12. The molecular formula is C13H28N2O. The lowest BCUT2D eigenvalue weighted by Gasteiger charge is -2.31. The lowest BCUT2D eigenvalue weighted by molar-refractivity contribution is 0.144. The van der Waals surface area contributed by atoms with Crippen LogP contribution in [0.2, 0.25) is 0 Å². The molecule has 0 aliphatic heterocycles. The van der Waals surface area contributed by atoms with Crippen LogP contribution in [0, 0.1) is 11.3 Å². The standard InChI is InChI=1S/C13H28N2O/c1-13(2,10-15(3)4)9-14-12(8-16-5)11-6-7-11/h11-12,14H,6-10H2,1-5H3. The maximum atomic E-state index is 5.28. The first-order valence-electron chi connectivity index (χ1n) is 6.31. The van der Waals surface area contributed by atoms with E-state index in [4.69, 9.17) is 4.74 Å². The van der Waals surface area contributed by atoms with E-state index in [1.807, 2.05) is 0 Å². The Kier molecular flexibility index (Phi) is 5.22. The molecule has 0 aromatic rings. The van der Waals surface area contributed by atoms with Gasteiger partial charge in [0.1, 0.15) is 0 Å². The zero-order chi connectivity index (χ0) is 12.2. The first-order chi connectivity index (χ1) is 7.44. The lowest BCUT2D eigenvalue weighted by atomic mass is 9.92. The molecule has 1 aliphatic rings. The molecule has 1 fully saturated rings. The molecule has 0 radical (unpaired) electrons. The van der Waals surface area contributed by atoms with Crippen LogP contribution in [0.3, 0.4) is 0 Å². The fraction of sp³-hybridized carbons (Fsp3) is 1.00. The van der Waals surface area contributed by atoms with Crippen molar-refractivity contribution in [2.24, 2.45) is 11.3 Å². The number of nitrogens with one attached hydrogen (secondary N) is 1. The van der Waals surface area contributed by atoms with Crippen molar-refractivity contribution in [3.05, 3.63) is 0 Å². The van der Waals surface area contributed by atoms with Crippen molar-refractivity contribution in [3.8, 4) is 0 Å². The molecule has 1 saturated carbocycles. The van der Waals surface area contributed by atoms with Crippen LogP contribution in [0.15, 0.2) is 0 Å². The van der Waals surface area contributed by atoms with Gasteiger partial charge in [0.2, 0.25) is 0 Å². The van der Waals surface area contributed by atoms with Crippen LogP contribution in [0.4, 0.5) is 0 Å². The highest BCUT2D eigenvalue weighted by Gasteiger charge is 2.32. The Hall–Kier alpha value is -0.120. The fourth-order valence-corrected chi connectivity index (χ4v) is 2.36. The smallest absolute Gasteiger partial charge is 0.0618 e. The molecule has 0 aromatic carbocycles. The van der Waals surface area contributed by atoms with Crippen LogP contribution >= 0.6 is 0 Å². The van der Waals surface area contributed by atoms with Crippen LogP contribution in [0.1, 0.15) is 26.7 Å². The van der Waals surface area contributed by atoms with Crippen molar-refractivity contribution in [3.63, 3.8) is 0 Å². The van der Waals surface area contributed by atoms with E-state index in [9.17, 15) is 0 Å². The average molecular weight is 228 g/mol. The van der Waals surface area contributed by atoms with E-state index in [1.54, 1.807) is 7.11 Å². The average Bonchev–Trinajstić information content (AvgIpc) is 2.93. The number of methoxy groups -OCH3 is 1. The fourth-order valence-electron chi connectivity index (χ4n) is 2.36. The Bertz CT molecular complexity index is 200.